The van der Waals surface area contributed by atoms with Crippen molar-refractivity contribution in [3.05, 3.63) is 35.4 Å². The number of piperidine rings is 1. The van der Waals surface area contributed by atoms with Crippen molar-refractivity contribution < 1.29 is 24.6 Å². The first-order chi connectivity index (χ1) is 17.3. The van der Waals surface area contributed by atoms with E-state index in [1.165, 1.54) is 24.8 Å². The minimum absolute atomic E-state index is 0.295. The van der Waals surface area contributed by atoms with Gasteiger partial charge in [0.05, 0.1) is 6.54 Å². The Kier molecular flexibility index (Phi) is 8.85. The number of carbonyl (C=O) groups is 3. The van der Waals surface area contributed by atoms with Crippen LogP contribution in [0.25, 0.3) is 0 Å². The standard InChI is InChI=1S/C27H40N4O5/c28-25(33)20-8-4-7-19(13-20)21-14-22-9-10-23(15-21)31(22)12-11-30(17-18-5-2-1-3-6-18)26(34)24(32)16-29-27(35)36/h4,7-8,13,18,21-24,29,32H,1-3,5-6,9-12,14-17H2,(H2,28,33)(H,35,36). The molecule has 0 radical (unpaired) electrons. The van der Waals surface area contributed by atoms with Crippen LogP contribution in [-0.2, 0) is 4.79 Å². The molecule has 3 unspecified atom stereocenters. The van der Waals surface area contributed by atoms with Gasteiger partial charge in [0.15, 0.2) is 0 Å². The van der Waals surface area contributed by atoms with Crippen molar-refractivity contribution in [2.45, 2.75) is 81.9 Å². The van der Waals surface area contributed by atoms with Gasteiger partial charge in [0.25, 0.3) is 5.91 Å². The van der Waals surface area contributed by atoms with Gasteiger partial charge in [0, 0.05) is 37.3 Å². The Hall–Kier alpha value is -2.65. The highest BCUT2D eigenvalue weighted by Gasteiger charge is 2.41. The molecule has 3 amide bonds. The molecular weight excluding hydrogens is 460 g/mol. The van der Waals surface area contributed by atoms with E-state index in [1.807, 2.05) is 12.1 Å². The third-order valence-corrected chi connectivity index (χ3v) is 8.40. The zero-order valence-electron chi connectivity index (χ0n) is 21.0. The second-order valence-corrected chi connectivity index (χ2v) is 10.8. The maximum absolute atomic E-state index is 13.1. The summed E-state index contributed by atoms with van der Waals surface area (Å²) in [4.78, 5) is 39.8. The molecule has 1 aliphatic carbocycles. The normalized spacial score (nSPS) is 25.3. The number of carboxylic acid groups (broad SMARTS) is 1. The highest BCUT2D eigenvalue weighted by atomic mass is 16.4. The molecule has 198 valence electrons. The van der Waals surface area contributed by atoms with Crippen LogP contribution in [0.15, 0.2) is 24.3 Å². The van der Waals surface area contributed by atoms with E-state index in [-0.39, 0.29) is 12.5 Å². The Morgan fingerprint density at radius 2 is 1.78 bits per heavy atom. The summed E-state index contributed by atoms with van der Waals surface area (Å²) < 4.78 is 0. The number of benzene rings is 1. The molecule has 1 aromatic carbocycles. The molecule has 2 saturated heterocycles. The topological polar surface area (TPSA) is 136 Å². The fourth-order valence-corrected chi connectivity index (χ4v) is 6.55. The van der Waals surface area contributed by atoms with E-state index in [0.717, 1.165) is 45.1 Å². The zero-order chi connectivity index (χ0) is 25.7. The number of rotatable bonds is 10. The van der Waals surface area contributed by atoms with Crippen molar-refractivity contribution in [2.75, 3.05) is 26.2 Å². The molecule has 0 spiro atoms. The lowest BCUT2D eigenvalue weighted by molar-refractivity contribution is -0.141. The molecule has 0 aromatic heterocycles. The van der Waals surface area contributed by atoms with Crippen LogP contribution in [-0.4, -0.2) is 82.3 Å². The number of nitrogens with two attached hydrogens (primary N) is 1. The number of aliphatic hydroxyl groups is 1. The summed E-state index contributed by atoms with van der Waals surface area (Å²) in [7, 11) is 0. The van der Waals surface area contributed by atoms with Crippen LogP contribution >= 0.6 is 0 Å². The Morgan fingerprint density at radius 3 is 2.42 bits per heavy atom. The Bertz CT molecular complexity index is 920. The first-order valence-electron chi connectivity index (χ1n) is 13.4. The zero-order valence-corrected chi connectivity index (χ0v) is 21.0. The van der Waals surface area contributed by atoms with Crippen LogP contribution in [0.5, 0.6) is 0 Å². The second-order valence-electron chi connectivity index (χ2n) is 10.8. The lowest BCUT2D eigenvalue weighted by Gasteiger charge is -2.41. The average molecular weight is 501 g/mol. The fourth-order valence-electron chi connectivity index (χ4n) is 6.55. The van der Waals surface area contributed by atoms with Crippen molar-refractivity contribution in [1.82, 2.24) is 15.1 Å². The molecule has 3 atom stereocenters. The lowest BCUT2D eigenvalue weighted by Crippen LogP contribution is -2.51. The molecule has 3 aliphatic rings. The SMILES string of the molecule is NC(=O)c1cccc(C2CC3CCC(C2)N3CCN(CC2CCCCC2)C(=O)C(O)CNC(=O)O)c1. The van der Waals surface area contributed by atoms with Crippen molar-refractivity contribution in [3.63, 3.8) is 0 Å². The maximum atomic E-state index is 13.1. The van der Waals surface area contributed by atoms with Gasteiger partial charge in [0.2, 0.25) is 5.91 Å². The monoisotopic (exact) mass is 500 g/mol. The summed E-state index contributed by atoms with van der Waals surface area (Å²) in [5, 5.41) is 21.4. The number of primary amides is 1. The van der Waals surface area contributed by atoms with Crippen LogP contribution in [0.1, 0.15) is 79.6 Å². The van der Waals surface area contributed by atoms with Gasteiger partial charge in [-0.1, -0.05) is 31.4 Å². The molecule has 3 fully saturated rings. The first-order valence-corrected chi connectivity index (χ1v) is 13.4. The molecule has 4 rings (SSSR count). The second kappa shape index (κ2) is 12.1. The van der Waals surface area contributed by atoms with Gasteiger partial charge in [-0.2, -0.15) is 0 Å². The van der Waals surface area contributed by atoms with E-state index < -0.39 is 18.1 Å². The third kappa shape index (κ3) is 6.56. The predicted molar refractivity (Wildman–Crippen MR) is 136 cm³/mol. The Balaban J connectivity index is 1.38. The van der Waals surface area contributed by atoms with E-state index in [4.69, 9.17) is 10.8 Å². The molecule has 2 bridgehead atoms. The minimum atomic E-state index is -1.37. The molecular formula is C27H40N4O5. The fraction of sp³-hybridized carbons (Fsp3) is 0.667. The Morgan fingerprint density at radius 1 is 1.08 bits per heavy atom. The molecule has 5 N–H and O–H groups in total. The van der Waals surface area contributed by atoms with Crippen molar-refractivity contribution in [3.8, 4) is 0 Å². The number of nitrogens with zero attached hydrogens (tertiary/aromatic N) is 2. The van der Waals surface area contributed by atoms with Gasteiger partial charge in [-0.15, -0.1) is 0 Å². The molecule has 2 aliphatic heterocycles. The molecule has 9 nitrogen and oxygen atoms in total. The van der Waals surface area contributed by atoms with Gasteiger partial charge in [-0.3, -0.25) is 14.5 Å². The largest absolute Gasteiger partial charge is 0.465 e. The van der Waals surface area contributed by atoms with Gasteiger partial charge >= 0.3 is 6.09 Å². The lowest BCUT2D eigenvalue weighted by atomic mass is 9.84. The number of carbonyl (C=O) groups excluding carboxylic acids is 2. The van der Waals surface area contributed by atoms with Crippen LogP contribution < -0.4 is 11.1 Å². The molecule has 9 heteroatoms. The highest BCUT2D eigenvalue weighted by Crippen LogP contribution is 2.43. The van der Waals surface area contributed by atoms with Crippen LogP contribution in [0.3, 0.4) is 0 Å². The molecule has 1 saturated carbocycles. The molecule has 2 heterocycles. The summed E-state index contributed by atoms with van der Waals surface area (Å²) in [6.07, 6.45) is 7.41. The van der Waals surface area contributed by atoms with E-state index >= 15 is 0 Å². The van der Waals surface area contributed by atoms with Gasteiger partial charge in [-0.25, -0.2) is 4.79 Å². The summed E-state index contributed by atoms with van der Waals surface area (Å²) in [6.45, 7) is 1.61. The highest BCUT2D eigenvalue weighted by molar-refractivity contribution is 5.92. The van der Waals surface area contributed by atoms with Crippen molar-refractivity contribution in [1.29, 1.82) is 0 Å². The summed E-state index contributed by atoms with van der Waals surface area (Å²) in [5.74, 6) is 0.0322. The quantitative estimate of drug-likeness (QED) is 0.390. The van der Waals surface area contributed by atoms with Crippen molar-refractivity contribution in [2.24, 2.45) is 11.7 Å². The third-order valence-electron chi connectivity index (χ3n) is 8.40. The number of nitrogens with one attached hydrogen (secondary N) is 1. The van der Waals surface area contributed by atoms with E-state index in [1.54, 1.807) is 11.0 Å². The van der Waals surface area contributed by atoms with Crippen LogP contribution in [0.2, 0.25) is 0 Å². The van der Waals surface area contributed by atoms with Gasteiger partial charge < -0.3 is 26.2 Å². The Labute approximate surface area is 213 Å². The summed E-state index contributed by atoms with van der Waals surface area (Å²) >= 11 is 0. The molecule has 36 heavy (non-hydrogen) atoms. The van der Waals surface area contributed by atoms with Crippen LogP contribution in [0.4, 0.5) is 4.79 Å². The number of hydrogen-bond donors (Lipinski definition) is 4. The van der Waals surface area contributed by atoms with Crippen molar-refractivity contribution >= 4 is 17.9 Å². The summed E-state index contributed by atoms with van der Waals surface area (Å²) in [5.41, 5.74) is 7.21. The van der Waals surface area contributed by atoms with Gasteiger partial charge in [0.1, 0.15) is 6.10 Å². The first kappa shape index (κ1) is 26.4. The van der Waals surface area contributed by atoms with Crippen LogP contribution in [0, 0.1) is 5.92 Å². The number of amides is 3. The number of fused-ring (bicyclic) bond motifs is 2. The predicted octanol–water partition coefficient (Wildman–Crippen LogP) is 2.53. The van der Waals surface area contributed by atoms with E-state index in [0.29, 0.717) is 42.6 Å². The van der Waals surface area contributed by atoms with E-state index in [2.05, 4.69) is 16.3 Å². The molecule has 1 aromatic rings. The summed E-state index contributed by atoms with van der Waals surface area (Å²) in [6, 6.07) is 8.53. The smallest absolute Gasteiger partial charge is 0.404 e. The average Bonchev–Trinajstić information content (AvgIpc) is 3.11. The van der Waals surface area contributed by atoms with Gasteiger partial charge in [-0.05, 0) is 68.1 Å². The minimum Gasteiger partial charge on any atom is -0.465 e. The van der Waals surface area contributed by atoms with E-state index in [9.17, 15) is 19.5 Å². The maximum Gasteiger partial charge on any atom is 0.404 e. The number of aliphatic hydroxyl groups excluding tert-OH is 1. The number of hydrogen-bond acceptors (Lipinski definition) is 5.